The van der Waals surface area contributed by atoms with E-state index in [1.165, 1.54) is 16.1 Å². The van der Waals surface area contributed by atoms with Gasteiger partial charge in [-0.15, -0.1) is 21.5 Å². The lowest BCUT2D eigenvalue weighted by atomic mass is 9.72. The van der Waals surface area contributed by atoms with E-state index in [-0.39, 0.29) is 17.6 Å². The van der Waals surface area contributed by atoms with Gasteiger partial charge in [0.25, 0.3) is 0 Å². The zero-order chi connectivity index (χ0) is 30.8. The number of nitrogens with zero attached hydrogens (tertiary/aromatic N) is 7. The van der Waals surface area contributed by atoms with Crippen molar-refractivity contribution in [3.05, 3.63) is 75.8 Å². The monoisotopic (exact) mass is 613 g/mol. The van der Waals surface area contributed by atoms with Gasteiger partial charge in [0, 0.05) is 53.3 Å². The molecule has 0 aliphatic carbocycles. The molecule has 0 saturated carbocycles. The lowest BCUT2D eigenvalue weighted by Gasteiger charge is -2.55. The quantitative estimate of drug-likeness (QED) is 0.270. The molecular weight excluding hydrogens is 574 g/mol. The Hall–Kier alpha value is -3.99. The van der Waals surface area contributed by atoms with E-state index in [2.05, 4.69) is 62.8 Å². The molecule has 44 heavy (non-hydrogen) atoms. The highest BCUT2D eigenvalue weighted by atomic mass is 32.1. The van der Waals surface area contributed by atoms with Crippen LogP contribution < -0.4 is 4.90 Å². The predicted octanol–water partition coefficient (Wildman–Crippen LogP) is 6.21. The molecule has 1 aromatic carbocycles. The largest absolute Gasteiger partial charge is 0.449 e. The fraction of sp³-hybridized carbons (Fsp3) is 0.485. The molecule has 6 heterocycles. The van der Waals surface area contributed by atoms with E-state index in [4.69, 9.17) is 14.1 Å². The lowest BCUT2D eigenvalue weighted by Crippen LogP contribution is -2.61. The maximum Gasteiger partial charge on any atom is 0.410 e. The summed E-state index contributed by atoms with van der Waals surface area (Å²) >= 11 is 1.76. The second-order valence-electron chi connectivity index (χ2n) is 13.4. The maximum absolute atomic E-state index is 12.5. The van der Waals surface area contributed by atoms with Crippen molar-refractivity contribution in [1.82, 2.24) is 24.6 Å². The Morgan fingerprint density at radius 1 is 1.09 bits per heavy atom. The standard InChI is InChI=1S/C33H39N7O3S/c1-20-21(2)44-30-27(20)28(35-25(17-26-34-13-16-42-26)29-37-36-22(3)40(29)30)23-7-9-24(10-8-23)39-18-33(19-39)11-14-38(15-12-33)31(41)43-32(4,5)6/h7-10,13,16,25H,11-12,14-15,17-19H2,1-6H3/t25-/m0/s1. The van der Waals surface area contributed by atoms with Crippen LogP contribution in [-0.2, 0) is 11.2 Å². The molecule has 230 valence electrons. The minimum atomic E-state index is -0.466. The van der Waals surface area contributed by atoms with E-state index < -0.39 is 5.60 Å². The van der Waals surface area contributed by atoms with Gasteiger partial charge in [-0.3, -0.25) is 9.56 Å². The number of fused-ring (bicyclic) bond motifs is 3. The number of thiophene rings is 1. The molecule has 0 N–H and O–H groups in total. The Morgan fingerprint density at radius 3 is 2.48 bits per heavy atom. The number of piperidine rings is 1. The van der Waals surface area contributed by atoms with Gasteiger partial charge >= 0.3 is 6.09 Å². The Labute approximate surface area is 261 Å². The van der Waals surface area contributed by atoms with Crippen molar-refractivity contribution in [1.29, 1.82) is 0 Å². The molecule has 1 amide bonds. The number of ether oxygens (including phenoxy) is 1. The maximum atomic E-state index is 12.5. The van der Waals surface area contributed by atoms with Crippen LogP contribution in [-0.4, -0.2) is 68.2 Å². The van der Waals surface area contributed by atoms with E-state index >= 15 is 0 Å². The van der Waals surface area contributed by atoms with Crippen LogP contribution in [0.25, 0.3) is 5.00 Å². The van der Waals surface area contributed by atoms with Crippen molar-refractivity contribution in [2.24, 2.45) is 10.4 Å². The second kappa shape index (κ2) is 10.6. The molecule has 10 nitrogen and oxygen atoms in total. The van der Waals surface area contributed by atoms with Crippen LogP contribution in [0.15, 0.2) is 46.1 Å². The van der Waals surface area contributed by atoms with Crippen LogP contribution in [0.2, 0.25) is 0 Å². The van der Waals surface area contributed by atoms with Crippen molar-refractivity contribution in [3.8, 4) is 5.00 Å². The number of oxazole rings is 1. The van der Waals surface area contributed by atoms with Gasteiger partial charge in [0.05, 0.1) is 18.3 Å². The zero-order valence-electron chi connectivity index (χ0n) is 26.3. The number of aliphatic imine (C=N–C) groups is 1. The third kappa shape index (κ3) is 5.10. The number of aryl methyl sites for hydroxylation is 2. The van der Waals surface area contributed by atoms with Crippen molar-refractivity contribution in [3.63, 3.8) is 0 Å². The van der Waals surface area contributed by atoms with Gasteiger partial charge in [-0.1, -0.05) is 12.1 Å². The van der Waals surface area contributed by atoms with Gasteiger partial charge in [-0.05, 0) is 72.1 Å². The molecule has 2 saturated heterocycles. The molecule has 1 spiro atoms. The summed E-state index contributed by atoms with van der Waals surface area (Å²) in [4.78, 5) is 27.8. The summed E-state index contributed by atoms with van der Waals surface area (Å²) in [6, 6.07) is 8.54. The molecule has 1 atom stereocenters. The number of carbonyl (C=O) groups is 1. The highest BCUT2D eigenvalue weighted by Crippen LogP contribution is 2.44. The minimum Gasteiger partial charge on any atom is -0.449 e. The summed E-state index contributed by atoms with van der Waals surface area (Å²) in [6.45, 7) is 15.6. The molecule has 4 aromatic rings. The number of amides is 1. The number of likely N-dealkylation sites (tertiary alicyclic amines) is 1. The average Bonchev–Trinajstić information content (AvgIpc) is 3.67. The van der Waals surface area contributed by atoms with Crippen molar-refractivity contribution in [2.75, 3.05) is 31.1 Å². The smallest absolute Gasteiger partial charge is 0.410 e. The molecule has 7 rings (SSSR count). The van der Waals surface area contributed by atoms with Gasteiger partial charge in [-0.25, -0.2) is 9.78 Å². The number of hydrogen-bond donors (Lipinski definition) is 0. The van der Waals surface area contributed by atoms with E-state index in [9.17, 15) is 4.79 Å². The van der Waals surface area contributed by atoms with Crippen molar-refractivity contribution < 1.29 is 13.9 Å². The first-order chi connectivity index (χ1) is 21.0. The number of anilines is 1. The highest BCUT2D eigenvalue weighted by molar-refractivity contribution is 7.15. The molecular formula is C33H39N7O3S. The van der Waals surface area contributed by atoms with Crippen LogP contribution in [0.4, 0.5) is 10.5 Å². The Balaban J connectivity index is 1.12. The topological polar surface area (TPSA) is 102 Å². The number of hydrogen-bond acceptors (Lipinski definition) is 9. The van der Waals surface area contributed by atoms with Gasteiger partial charge in [0.2, 0.25) is 0 Å². The van der Waals surface area contributed by atoms with Crippen LogP contribution in [0.5, 0.6) is 0 Å². The third-order valence-corrected chi connectivity index (χ3v) is 10.3. The first kappa shape index (κ1) is 28.8. The summed E-state index contributed by atoms with van der Waals surface area (Å²) in [5, 5.41) is 10.1. The van der Waals surface area contributed by atoms with Crippen LogP contribution in [0.1, 0.15) is 78.8 Å². The van der Waals surface area contributed by atoms with Crippen LogP contribution >= 0.6 is 11.3 Å². The molecule has 0 bridgehead atoms. The number of rotatable bonds is 4. The molecule has 3 aliphatic rings. The number of benzene rings is 1. The SMILES string of the molecule is Cc1sc2c(c1C)C(c1ccc(N3CC4(CCN(C(=O)OC(C)(C)C)CC4)C3)cc1)=N[C@@H](Cc1ncco1)c1nnc(C)n1-2. The Morgan fingerprint density at radius 2 is 1.82 bits per heavy atom. The van der Waals surface area contributed by atoms with Crippen LogP contribution in [0, 0.1) is 26.2 Å². The summed E-state index contributed by atoms with van der Waals surface area (Å²) in [5.74, 6) is 2.27. The number of aromatic nitrogens is 4. The normalized spacial score (nSPS) is 19.2. The predicted molar refractivity (Wildman–Crippen MR) is 170 cm³/mol. The van der Waals surface area contributed by atoms with Gasteiger partial charge in [-0.2, -0.15) is 0 Å². The zero-order valence-corrected chi connectivity index (χ0v) is 27.1. The average molecular weight is 614 g/mol. The molecule has 2 fully saturated rings. The Kier molecular flexibility index (Phi) is 6.91. The molecule has 0 unspecified atom stereocenters. The van der Waals surface area contributed by atoms with Crippen molar-refractivity contribution >= 4 is 28.8 Å². The lowest BCUT2D eigenvalue weighted by molar-refractivity contribution is 0.00598. The second-order valence-corrected chi connectivity index (χ2v) is 14.6. The van der Waals surface area contributed by atoms with Gasteiger partial charge < -0.3 is 19.0 Å². The van der Waals surface area contributed by atoms with E-state index in [1.807, 2.05) is 32.6 Å². The first-order valence-electron chi connectivity index (χ1n) is 15.3. The third-order valence-electron chi connectivity index (χ3n) is 9.13. The van der Waals surface area contributed by atoms with Crippen molar-refractivity contribution in [2.45, 2.75) is 72.4 Å². The van der Waals surface area contributed by atoms with Gasteiger partial charge in [0.1, 0.15) is 28.7 Å². The summed E-state index contributed by atoms with van der Waals surface area (Å²) < 4.78 is 13.4. The fourth-order valence-corrected chi connectivity index (χ4v) is 7.84. The molecule has 11 heteroatoms. The summed E-state index contributed by atoms with van der Waals surface area (Å²) in [6.07, 6.45) is 5.58. The molecule has 3 aromatic heterocycles. The van der Waals surface area contributed by atoms with E-state index in [0.29, 0.717) is 12.3 Å². The highest BCUT2D eigenvalue weighted by Gasteiger charge is 2.46. The molecule has 0 radical (unpaired) electrons. The Bertz CT molecular complexity index is 1710. The van der Waals surface area contributed by atoms with Gasteiger partial charge in [0.15, 0.2) is 11.7 Å². The van der Waals surface area contributed by atoms with E-state index in [0.717, 1.165) is 72.5 Å². The van der Waals surface area contributed by atoms with Crippen LogP contribution in [0.3, 0.4) is 0 Å². The molecule has 3 aliphatic heterocycles. The fourth-order valence-electron chi connectivity index (χ4n) is 6.63. The number of carbonyl (C=O) groups excluding carboxylic acids is 1. The minimum absolute atomic E-state index is 0.197. The summed E-state index contributed by atoms with van der Waals surface area (Å²) in [7, 11) is 0. The first-order valence-corrected chi connectivity index (χ1v) is 16.1. The summed E-state index contributed by atoms with van der Waals surface area (Å²) in [5.41, 5.74) is 5.42. The van der Waals surface area contributed by atoms with E-state index in [1.54, 1.807) is 23.8 Å².